The number of amides is 1. The van der Waals surface area contributed by atoms with Gasteiger partial charge in [-0.2, -0.15) is 0 Å². The molecule has 3 atom stereocenters. The summed E-state index contributed by atoms with van der Waals surface area (Å²) >= 11 is 0. The minimum absolute atomic E-state index is 0.157. The molecule has 0 spiro atoms. The minimum atomic E-state index is -0.157. The molecular weight excluding hydrogens is 252 g/mol. The number of benzene rings is 1. The molecule has 0 saturated heterocycles. The van der Waals surface area contributed by atoms with Gasteiger partial charge in [-0.15, -0.1) is 0 Å². The second-order valence-corrected chi connectivity index (χ2v) is 5.84. The van der Waals surface area contributed by atoms with E-state index in [-0.39, 0.29) is 11.8 Å². The highest BCUT2D eigenvalue weighted by atomic mass is 16.5. The van der Waals surface area contributed by atoms with Crippen LogP contribution in [0.2, 0.25) is 0 Å². The minimum Gasteiger partial charge on any atom is -0.492 e. The highest BCUT2D eigenvalue weighted by Gasteiger charge is 2.37. The zero-order valence-corrected chi connectivity index (χ0v) is 11.9. The molecule has 1 fully saturated rings. The number of carbonyl (C=O) groups is 1. The predicted octanol–water partition coefficient (Wildman–Crippen LogP) is 1.75. The first-order valence-corrected chi connectivity index (χ1v) is 7.41. The molecule has 4 nitrogen and oxygen atoms in total. The van der Waals surface area contributed by atoms with Crippen LogP contribution >= 0.6 is 0 Å². The molecule has 1 aromatic carbocycles. The zero-order valence-electron chi connectivity index (χ0n) is 11.9. The van der Waals surface area contributed by atoms with Gasteiger partial charge < -0.3 is 15.4 Å². The molecule has 1 aliphatic carbocycles. The Balaban J connectivity index is 1.76. The van der Waals surface area contributed by atoms with Gasteiger partial charge in [0, 0.05) is 18.7 Å². The van der Waals surface area contributed by atoms with Crippen molar-refractivity contribution >= 4 is 5.91 Å². The number of fused-ring (bicyclic) bond motifs is 1. The summed E-state index contributed by atoms with van der Waals surface area (Å²) in [6.45, 7) is 1.13. The van der Waals surface area contributed by atoms with Gasteiger partial charge in [-0.05, 0) is 31.4 Å². The lowest BCUT2D eigenvalue weighted by Crippen LogP contribution is -2.43. The maximum absolute atomic E-state index is 12.8. The van der Waals surface area contributed by atoms with Crippen LogP contribution in [0.4, 0.5) is 0 Å². The van der Waals surface area contributed by atoms with Crippen LogP contribution in [-0.2, 0) is 4.79 Å². The molecule has 1 aromatic rings. The highest BCUT2D eigenvalue weighted by Crippen LogP contribution is 2.36. The largest absolute Gasteiger partial charge is 0.492 e. The molecule has 20 heavy (non-hydrogen) atoms. The van der Waals surface area contributed by atoms with Gasteiger partial charge in [-0.3, -0.25) is 4.79 Å². The lowest BCUT2D eigenvalue weighted by atomic mass is 9.97. The molecular formula is C16H22N2O2. The molecule has 3 unspecified atom stereocenters. The molecule has 1 aliphatic heterocycles. The number of ether oxygens (including phenoxy) is 1. The van der Waals surface area contributed by atoms with Crippen molar-refractivity contribution in [3.05, 3.63) is 29.8 Å². The quantitative estimate of drug-likeness (QED) is 0.913. The maximum atomic E-state index is 12.8. The van der Waals surface area contributed by atoms with Gasteiger partial charge in [0.2, 0.25) is 5.91 Å². The van der Waals surface area contributed by atoms with Crippen LogP contribution in [0.25, 0.3) is 0 Å². The average molecular weight is 274 g/mol. The third kappa shape index (κ3) is 2.18. The van der Waals surface area contributed by atoms with Crippen molar-refractivity contribution in [2.45, 2.75) is 31.2 Å². The SMILES string of the molecule is CN(C(=O)C1COc2ccccc21)C1CCCC1CN. The Morgan fingerprint density at radius 3 is 3.00 bits per heavy atom. The number of hydrogen-bond acceptors (Lipinski definition) is 3. The fourth-order valence-corrected chi connectivity index (χ4v) is 3.58. The number of rotatable bonds is 3. The number of nitrogens with zero attached hydrogens (tertiary/aromatic N) is 1. The first-order chi connectivity index (χ1) is 9.72. The summed E-state index contributed by atoms with van der Waals surface area (Å²) in [6, 6.07) is 8.12. The Morgan fingerprint density at radius 1 is 1.40 bits per heavy atom. The third-order valence-electron chi connectivity index (χ3n) is 4.76. The molecule has 0 bridgehead atoms. The van der Waals surface area contributed by atoms with E-state index in [0.717, 1.165) is 24.2 Å². The molecule has 1 saturated carbocycles. The van der Waals surface area contributed by atoms with E-state index >= 15 is 0 Å². The monoisotopic (exact) mass is 274 g/mol. The van der Waals surface area contributed by atoms with E-state index in [0.29, 0.717) is 25.1 Å². The van der Waals surface area contributed by atoms with Gasteiger partial charge in [0.05, 0.1) is 0 Å². The first-order valence-electron chi connectivity index (χ1n) is 7.41. The van der Waals surface area contributed by atoms with Crippen LogP contribution in [-0.4, -0.2) is 37.0 Å². The van der Waals surface area contributed by atoms with E-state index in [1.165, 1.54) is 6.42 Å². The summed E-state index contributed by atoms with van der Waals surface area (Å²) in [5.74, 6) is 1.30. The molecule has 0 aromatic heterocycles. The smallest absolute Gasteiger partial charge is 0.233 e. The average Bonchev–Trinajstić information content (AvgIpc) is 3.12. The number of para-hydroxylation sites is 1. The van der Waals surface area contributed by atoms with Crippen molar-refractivity contribution in [1.29, 1.82) is 0 Å². The van der Waals surface area contributed by atoms with Crippen LogP contribution < -0.4 is 10.5 Å². The number of likely N-dealkylation sites (N-methyl/N-ethyl adjacent to an activating group) is 1. The van der Waals surface area contributed by atoms with E-state index in [4.69, 9.17) is 10.5 Å². The number of nitrogens with two attached hydrogens (primary N) is 1. The summed E-state index contributed by atoms with van der Waals surface area (Å²) in [5, 5.41) is 0. The molecule has 3 rings (SSSR count). The molecule has 1 amide bonds. The van der Waals surface area contributed by atoms with Crippen LogP contribution in [0.15, 0.2) is 24.3 Å². The fraction of sp³-hybridized carbons (Fsp3) is 0.562. The van der Waals surface area contributed by atoms with Crippen LogP contribution in [0, 0.1) is 5.92 Å². The van der Waals surface area contributed by atoms with Crippen molar-refractivity contribution in [2.24, 2.45) is 11.7 Å². The second-order valence-electron chi connectivity index (χ2n) is 5.84. The molecule has 1 heterocycles. The molecule has 2 aliphatic rings. The van der Waals surface area contributed by atoms with Gasteiger partial charge in [0.25, 0.3) is 0 Å². The predicted molar refractivity (Wildman–Crippen MR) is 77.6 cm³/mol. The van der Waals surface area contributed by atoms with Crippen molar-refractivity contribution in [3.8, 4) is 5.75 Å². The fourth-order valence-electron chi connectivity index (χ4n) is 3.58. The Morgan fingerprint density at radius 2 is 2.20 bits per heavy atom. The Bertz CT molecular complexity index is 503. The maximum Gasteiger partial charge on any atom is 0.233 e. The summed E-state index contributed by atoms with van der Waals surface area (Å²) in [5.41, 5.74) is 6.85. The lowest BCUT2D eigenvalue weighted by Gasteiger charge is -2.31. The third-order valence-corrected chi connectivity index (χ3v) is 4.76. The summed E-state index contributed by atoms with van der Waals surface area (Å²) < 4.78 is 5.63. The molecule has 0 radical (unpaired) electrons. The van der Waals surface area contributed by atoms with E-state index in [2.05, 4.69) is 0 Å². The van der Waals surface area contributed by atoms with E-state index < -0.39 is 0 Å². The Labute approximate surface area is 119 Å². The highest BCUT2D eigenvalue weighted by molar-refractivity contribution is 5.85. The van der Waals surface area contributed by atoms with Gasteiger partial charge in [-0.25, -0.2) is 0 Å². The number of carbonyl (C=O) groups excluding carboxylic acids is 1. The van der Waals surface area contributed by atoms with E-state index in [1.54, 1.807) is 0 Å². The Hall–Kier alpha value is -1.55. The zero-order chi connectivity index (χ0) is 14.1. The topological polar surface area (TPSA) is 55.6 Å². The van der Waals surface area contributed by atoms with Crippen molar-refractivity contribution in [2.75, 3.05) is 20.2 Å². The Kier molecular flexibility index (Phi) is 3.66. The molecule has 108 valence electrons. The van der Waals surface area contributed by atoms with Crippen LogP contribution in [0.1, 0.15) is 30.7 Å². The lowest BCUT2D eigenvalue weighted by molar-refractivity contribution is -0.134. The summed E-state index contributed by atoms with van der Waals surface area (Å²) in [6.07, 6.45) is 3.37. The second kappa shape index (κ2) is 5.44. The molecule has 4 heteroatoms. The normalized spacial score (nSPS) is 28.0. The van der Waals surface area contributed by atoms with Crippen molar-refractivity contribution in [3.63, 3.8) is 0 Å². The van der Waals surface area contributed by atoms with Crippen LogP contribution in [0.5, 0.6) is 5.75 Å². The summed E-state index contributed by atoms with van der Waals surface area (Å²) in [4.78, 5) is 14.7. The standard InChI is InChI=1S/C16H22N2O2/c1-18(14-7-4-5-11(14)9-17)16(19)13-10-20-15-8-3-2-6-12(13)15/h2-3,6,8,11,13-14H,4-5,7,9-10,17H2,1H3. The van der Waals surface area contributed by atoms with E-state index in [1.807, 2.05) is 36.2 Å². The summed E-state index contributed by atoms with van der Waals surface area (Å²) in [7, 11) is 1.92. The van der Waals surface area contributed by atoms with Gasteiger partial charge in [0.1, 0.15) is 18.3 Å². The molecule has 2 N–H and O–H groups in total. The number of hydrogen-bond donors (Lipinski definition) is 1. The van der Waals surface area contributed by atoms with Crippen molar-refractivity contribution < 1.29 is 9.53 Å². The van der Waals surface area contributed by atoms with Gasteiger partial charge in [-0.1, -0.05) is 24.6 Å². The first kappa shape index (κ1) is 13.4. The van der Waals surface area contributed by atoms with Crippen molar-refractivity contribution in [1.82, 2.24) is 4.90 Å². The van der Waals surface area contributed by atoms with E-state index in [9.17, 15) is 4.79 Å². The van der Waals surface area contributed by atoms with Gasteiger partial charge >= 0.3 is 0 Å². The van der Waals surface area contributed by atoms with Gasteiger partial charge in [0.15, 0.2) is 0 Å². The van der Waals surface area contributed by atoms with Crippen LogP contribution in [0.3, 0.4) is 0 Å².